The Hall–Kier alpha value is -1.69. The summed E-state index contributed by atoms with van der Waals surface area (Å²) in [5.74, 6) is -0.241. The smallest absolute Gasteiger partial charge is 0.387 e. The van der Waals surface area contributed by atoms with Crippen LogP contribution in [0.1, 0.15) is 12.5 Å². The number of halogens is 2. The van der Waals surface area contributed by atoms with Gasteiger partial charge in [0.2, 0.25) is 0 Å². The topological polar surface area (TPSA) is 38.8 Å². The predicted octanol–water partition coefficient (Wildman–Crippen LogP) is 2.28. The lowest BCUT2D eigenvalue weighted by molar-refractivity contribution is -0.142. The Morgan fingerprint density at radius 3 is 2.63 bits per heavy atom. The van der Waals surface area contributed by atoms with Gasteiger partial charge in [-0.15, -0.1) is 0 Å². The molecule has 0 radical (unpaired) electrons. The van der Waals surface area contributed by atoms with Gasteiger partial charge in [-0.3, -0.25) is 9.69 Å². The number of ether oxygens (including phenoxy) is 2. The molecule has 0 aliphatic carbocycles. The molecule has 0 atom stereocenters. The molecular formula is C13H17F2NO3. The molecule has 0 unspecified atom stereocenters. The molecule has 0 spiro atoms. The number of methoxy groups -OCH3 is 1. The number of para-hydroxylation sites is 1. The van der Waals surface area contributed by atoms with Gasteiger partial charge in [0.15, 0.2) is 0 Å². The summed E-state index contributed by atoms with van der Waals surface area (Å²) >= 11 is 0. The summed E-state index contributed by atoms with van der Waals surface area (Å²) in [6, 6.07) is 6.53. The maximum Gasteiger partial charge on any atom is 0.387 e. The zero-order valence-electron chi connectivity index (χ0n) is 10.9. The van der Waals surface area contributed by atoms with Crippen LogP contribution in [-0.2, 0) is 16.1 Å². The van der Waals surface area contributed by atoms with Crippen molar-refractivity contribution >= 4 is 5.97 Å². The average molecular weight is 273 g/mol. The van der Waals surface area contributed by atoms with E-state index >= 15 is 0 Å². The van der Waals surface area contributed by atoms with E-state index in [-0.39, 0.29) is 18.3 Å². The number of rotatable bonds is 7. The molecule has 4 nitrogen and oxygen atoms in total. The first-order chi connectivity index (χ1) is 9.06. The van der Waals surface area contributed by atoms with Crippen LogP contribution in [0.4, 0.5) is 8.78 Å². The molecule has 106 valence electrons. The van der Waals surface area contributed by atoms with Crippen molar-refractivity contribution in [1.82, 2.24) is 4.90 Å². The number of hydrogen-bond donors (Lipinski definition) is 0. The summed E-state index contributed by atoms with van der Waals surface area (Å²) in [6.45, 7) is 0.0547. The highest BCUT2D eigenvalue weighted by molar-refractivity contribution is 5.71. The van der Waals surface area contributed by atoms with Crippen molar-refractivity contribution in [3.05, 3.63) is 29.8 Å². The second kappa shape index (κ2) is 7.68. The molecule has 1 aromatic carbocycles. The van der Waals surface area contributed by atoms with Gasteiger partial charge in [-0.1, -0.05) is 25.1 Å². The van der Waals surface area contributed by atoms with Crippen LogP contribution in [0, 0.1) is 0 Å². The van der Waals surface area contributed by atoms with Gasteiger partial charge in [0.1, 0.15) is 5.75 Å². The fraction of sp³-hybridized carbons (Fsp3) is 0.462. The van der Waals surface area contributed by atoms with Crippen LogP contribution in [0.3, 0.4) is 0 Å². The number of likely N-dealkylation sites (N-methyl/N-ethyl adjacent to an activating group) is 1. The Morgan fingerprint density at radius 2 is 2.05 bits per heavy atom. The van der Waals surface area contributed by atoms with Crippen molar-refractivity contribution in [2.45, 2.75) is 20.1 Å². The Morgan fingerprint density at radius 1 is 1.37 bits per heavy atom. The molecule has 0 bridgehead atoms. The van der Waals surface area contributed by atoms with Gasteiger partial charge in [-0.05, 0) is 12.6 Å². The van der Waals surface area contributed by atoms with Gasteiger partial charge >= 0.3 is 12.6 Å². The zero-order valence-corrected chi connectivity index (χ0v) is 10.9. The Balaban J connectivity index is 2.76. The summed E-state index contributed by atoms with van der Waals surface area (Å²) in [7, 11) is 1.31. The van der Waals surface area contributed by atoms with E-state index in [0.29, 0.717) is 18.7 Å². The normalized spacial score (nSPS) is 10.8. The van der Waals surface area contributed by atoms with Crippen LogP contribution in [0.5, 0.6) is 5.75 Å². The highest BCUT2D eigenvalue weighted by Gasteiger charge is 2.14. The summed E-state index contributed by atoms with van der Waals surface area (Å²) < 4.78 is 33.6. The van der Waals surface area contributed by atoms with E-state index in [2.05, 4.69) is 9.47 Å². The molecule has 0 fully saturated rings. The molecule has 6 heteroatoms. The van der Waals surface area contributed by atoms with E-state index in [1.807, 2.05) is 6.92 Å². The van der Waals surface area contributed by atoms with Crippen molar-refractivity contribution in [3.8, 4) is 5.75 Å². The van der Waals surface area contributed by atoms with Gasteiger partial charge < -0.3 is 9.47 Å². The summed E-state index contributed by atoms with van der Waals surface area (Å²) in [5, 5.41) is 0. The molecule has 0 aliphatic heterocycles. The molecule has 0 amide bonds. The predicted molar refractivity (Wildman–Crippen MR) is 66.0 cm³/mol. The second-order valence-electron chi connectivity index (χ2n) is 3.87. The SMILES string of the molecule is CCN(CC(=O)OC)Cc1ccccc1OC(F)F. The number of carbonyl (C=O) groups excluding carboxylic acids is 1. The lowest BCUT2D eigenvalue weighted by Gasteiger charge is -2.20. The van der Waals surface area contributed by atoms with E-state index in [1.54, 1.807) is 23.1 Å². The second-order valence-corrected chi connectivity index (χ2v) is 3.87. The van der Waals surface area contributed by atoms with Gasteiger partial charge in [0, 0.05) is 12.1 Å². The van der Waals surface area contributed by atoms with Gasteiger partial charge in [0.05, 0.1) is 13.7 Å². The van der Waals surface area contributed by atoms with Gasteiger partial charge in [-0.2, -0.15) is 8.78 Å². The Kier molecular flexibility index (Phi) is 6.21. The molecular weight excluding hydrogens is 256 g/mol. The first-order valence-corrected chi connectivity index (χ1v) is 5.88. The fourth-order valence-electron chi connectivity index (χ4n) is 1.61. The number of carbonyl (C=O) groups is 1. The maximum absolute atomic E-state index is 12.3. The fourth-order valence-corrected chi connectivity index (χ4v) is 1.61. The molecule has 1 aromatic rings. The number of benzene rings is 1. The first kappa shape index (κ1) is 15.4. The summed E-state index contributed by atoms with van der Waals surface area (Å²) in [6.07, 6.45) is 0. The molecule has 1 rings (SSSR count). The molecule has 0 heterocycles. The average Bonchev–Trinajstić information content (AvgIpc) is 2.39. The van der Waals surface area contributed by atoms with Crippen LogP contribution in [-0.4, -0.2) is 37.7 Å². The van der Waals surface area contributed by atoms with Crippen molar-refractivity contribution in [2.75, 3.05) is 20.2 Å². The third kappa shape index (κ3) is 5.21. The lowest BCUT2D eigenvalue weighted by atomic mass is 10.2. The van der Waals surface area contributed by atoms with Crippen LogP contribution < -0.4 is 4.74 Å². The van der Waals surface area contributed by atoms with E-state index < -0.39 is 6.61 Å². The largest absolute Gasteiger partial charge is 0.468 e. The van der Waals surface area contributed by atoms with Gasteiger partial charge in [0.25, 0.3) is 0 Å². The van der Waals surface area contributed by atoms with Crippen LogP contribution in [0.25, 0.3) is 0 Å². The first-order valence-electron chi connectivity index (χ1n) is 5.88. The molecule has 0 N–H and O–H groups in total. The maximum atomic E-state index is 12.3. The number of hydrogen-bond acceptors (Lipinski definition) is 4. The Bertz CT molecular complexity index is 413. The van der Waals surface area contributed by atoms with Crippen molar-refractivity contribution in [1.29, 1.82) is 0 Å². The van der Waals surface area contributed by atoms with E-state index in [9.17, 15) is 13.6 Å². The van der Waals surface area contributed by atoms with Crippen molar-refractivity contribution < 1.29 is 23.0 Å². The monoisotopic (exact) mass is 273 g/mol. The highest BCUT2D eigenvalue weighted by Crippen LogP contribution is 2.21. The molecule has 0 aliphatic rings. The van der Waals surface area contributed by atoms with E-state index in [4.69, 9.17) is 0 Å². The zero-order chi connectivity index (χ0) is 14.3. The number of esters is 1. The Labute approximate surface area is 110 Å². The molecule has 0 saturated carbocycles. The van der Waals surface area contributed by atoms with E-state index in [1.165, 1.54) is 13.2 Å². The minimum Gasteiger partial charge on any atom is -0.468 e. The third-order valence-electron chi connectivity index (χ3n) is 2.61. The summed E-state index contributed by atoms with van der Waals surface area (Å²) in [5.41, 5.74) is 0.605. The molecule has 0 saturated heterocycles. The van der Waals surface area contributed by atoms with Crippen molar-refractivity contribution in [3.63, 3.8) is 0 Å². The van der Waals surface area contributed by atoms with Gasteiger partial charge in [-0.25, -0.2) is 0 Å². The molecule has 19 heavy (non-hydrogen) atoms. The quantitative estimate of drug-likeness (QED) is 0.714. The standard InChI is InChI=1S/C13H17F2NO3/c1-3-16(9-12(17)18-2)8-10-6-4-5-7-11(10)19-13(14)15/h4-7,13H,3,8-9H2,1-2H3. The van der Waals surface area contributed by atoms with E-state index in [0.717, 1.165) is 0 Å². The lowest BCUT2D eigenvalue weighted by Crippen LogP contribution is -2.30. The van der Waals surface area contributed by atoms with Crippen LogP contribution in [0.2, 0.25) is 0 Å². The highest BCUT2D eigenvalue weighted by atomic mass is 19.3. The minimum atomic E-state index is -2.86. The van der Waals surface area contributed by atoms with Crippen molar-refractivity contribution in [2.24, 2.45) is 0 Å². The van der Waals surface area contributed by atoms with Crippen LogP contribution in [0.15, 0.2) is 24.3 Å². The number of alkyl halides is 2. The molecule has 0 aromatic heterocycles. The van der Waals surface area contributed by atoms with Crippen LogP contribution >= 0.6 is 0 Å². The third-order valence-corrected chi connectivity index (χ3v) is 2.61. The summed E-state index contributed by atoms with van der Waals surface area (Å²) in [4.78, 5) is 13.0. The number of nitrogens with zero attached hydrogens (tertiary/aromatic N) is 1. The minimum absolute atomic E-state index is 0.107.